The van der Waals surface area contributed by atoms with Gasteiger partial charge in [0.1, 0.15) is 0 Å². The van der Waals surface area contributed by atoms with E-state index in [-0.39, 0.29) is 23.1 Å². The molecule has 1 N–H and O–H groups in total. The largest absolute Gasteiger partial charge is 0.325 e. The highest BCUT2D eigenvalue weighted by molar-refractivity contribution is 7.99. The summed E-state index contributed by atoms with van der Waals surface area (Å²) in [7, 11) is -0.169. The Morgan fingerprint density at radius 1 is 1.00 bits per heavy atom. The van der Waals surface area contributed by atoms with Crippen LogP contribution in [0, 0.1) is 0 Å². The molecule has 3 aromatic carbocycles. The molecule has 7 nitrogen and oxygen atoms in total. The highest BCUT2D eigenvalue weighted by Gasteiger charge is 2.21. The van der Waals surface area contributed by atoms with Gasteiger partial charge in [0.25, 0.3) is 0 Å². The van der Waals surface area contributed by atoms with Crippen molar-refractivity contribution in [2.24, 2.45) is 7.05 Å². The van der Waals surface area contributed by atoms with Gasteiger partial charge in [0, 0.05) is 26.3 Å². The second kappa shape index (κ2) is 9.78. The lowest BCUT2D eigenvalue weighted by atomic mass is 10.2. The molecule has 170 valence electrons. The monoisotopic (exact) mass is 480 g/mol. The Morgan fingerprint density at radius 3 is 2.36 bits per heavy atom. The number of sulfonamides is 1. The normalized spacial score (nSPS) is 11.7. The van der Waals surface area contributed by atoms with E-state index in [0.717, 1.165) is 21.8 Å². The molecule has 0 spiro atoms. The molecule has 0 saturated carbocycles. The predicted molar refractivity (Wildman–Crippen MR) is 132 cm³/mol. The van der Waals surface area contributed by atoms with Crippen LogP contribution in [0.2, 0.25) is 0 Å². The minimum atomic E-state index is -3.64. The Labute approximate surface area is 197 Å². The van der Waals surface area contributed by atoms with Crippen LogP contribution in [0.3, 0.4) is 0 Å². The zero-order valence-corrected chi connectivity index (χ0v) is 19.9. The van der Waals surface area contributed by atoms with Crippen LogP contribution in [-0.4, -0.2) is 41.0 Å². The lowest BCUT2D eigenvalue weighted by Gasteiger charge is -2.17. The summed E-state index contributed by atoms with van der Waals surface area (Å²) in [5, 5.41) is 3.57. The first-order chi connectivity index (χ1) is 15.8. The molecule has 1 heterocycles. The number of carbonyl (C=O) groups is 1. The van der Waals surface area contributed by atoms with Crippen LogP contribution >= 0.6 is 11.8 Å². The molecule has 4 rings (SSSR count). The second-order valence-corrected chi connectivity index (χ2v) is 10.5. The van der Waals surface area contributed by atoms with E-state index >= 15 is 0 Å². The van der Waals surface area contributed by atoms with Gasteiger partial charge in [-0.2, -0.15) is 4.31 Å². The van der Waals surface area contributed by atoms with Crippen LogP contribution in [0.25, 0.3) is 11.0 Å². The van der Waals surface area contributed by atoms with Gasteiger partial charge in [-0.05, 0) is 42.0 Å². The zero-order chi connectivity index (χ0) is 23.4. The quantitative estimate of drug-likeness (QED) is 0.384. The van der Waals surface area contributed by atoms with Crippen molar-refractivity contribution < 1.29 is 13.2 Å². The average molecular weight is 481 g/mol. The van der Waals surface area contributed by atoms with Crippen LogP contribution < -0.4 is 5.32 Å². The molecular formula is C24H24N4O3S2. The lowest BCUT2D eigenvalue weighted by molar-refractivity contribution is -0.113. The molecule has 0 aliphatic rings. The van der Waals surface area contributed by atoms with Crippen molar-refractivity contribution in [1.29, 1.82) is 0 Å². The average Bonchev–Trinajstić information content (AvgIpc) is 3.14. The second-order valence-electron chi connectivity index (χ2n) is 7.55. The molecule has 0 atom stereocenters. The Balaban J connectivity index is 1.36. The molecule has 0 bridgehead atoms. The third-order valence-corrected chi connectivity index (χ3v) is 8.02. The number of nitrogens with one attached hydrogen (secondary N) is 1. The molecule has 0 aliphatic carbocycles. The standard InChI is InChI=1S/C24H24N4O3S2/c1-27(16-18-8-4-3-5-9-18)33(30,31)20-14-12-19(13-15-20)25-23(29)17-32-24-26-21-10-6-7-11-22(21)28(24)2/h3-15H,16-17H2,1-2H3,(H,25,29). The van der Waals surface area contributed by atoms with E-state index in [9.17, 15) is 13.2 Å². The molecule has 0 radical (unpaired) electrons. The molecule has 1 aromatic heterocycles. The van der Waals surface area contributed by atoms with Gasteiger partial charge in [-0.3, -0.25) is 4.79 Å². The van der Waals surface area contributed by atoms with E-state index in [1.54, 1.807) is 19.2 Å². The summed E-state index contributed by atoms with van der Waals surface area (Å²) in [5.41, 5.74) is 3.34. The summed E-state index contributed by atoms with van der Waals surface area (Å²) in [6, 6.07) is 23.4. The van der Waals surface area contributed by atoms with Crippen molar-refractivity contribution >= 4 is 44.4 Å². The van der Waals surface area contributed by atoms with Crippen molar-refractivity contribution in [2.45, 2.75) is 16.6 Å². The number of carbonyl (C=O) groups excluding carboxylic acids is 1. The third-order valence-electron chi connectivity index (χ3n) is 5.17. The van der Waals surface area contributed by atoms with Crippen LogP contribution in [0.4, 0.5) is 5.69 Å². The molecular weight excluding hydrogens is 456 g/mol. The lowest BCUT2D eigenvalue weighted by Crippen LogP contribution is -2.26. The van der Waals surface area contributed by atoms with Crippen molar-refractivity contribution in [1.82, 2.24) is 13.9 Å². The fourth-order valence-electron chi connectivity index (χ4n) is 3.40. The Bertz CT molecular complexity index is 1370. The summed E-state index contributed by atoms with van der Waals surface area (Å²) in [4.78, 5) is 17.1. The van der Waals surface area contributed by atoms with Gasteiger partial charge in [-0.1, -0.05) is 54.2 Å². The number of aromatic nitrogens is 2. The Kier molecular flexibility index (Phi) is 6.83. The van der Waals surface area contributed by atoms with E-state index < -0.39 is 10.0 Å². The minimum Gasteiger partial charge on any atom is -0.325 e. The Hall–Kier alpha value is -3.14. The summed E-state index contributed by atoms with van der Waals surface area (Å²) in [6.45, 7) is 0.279. The molecule has 0 aliphatic heterocycles. The van der Waals surface area contributed by atoms with Gasteiger partial charge in [-0.25, -0.2) is 13.4 Å². The maximum absolute atomic E-state index is 12.9. The molecule has 0 fully saturated rings. The Morgan fingerprint density at radius 2 is 1.67 bits per heavy atom. The van der Waals surface area contributed by atoms with Crippen LogP contribution in [0.15, 0.2) is 88.9 Å². The number of para-hydroxylation sites is 2. The SMILES string of the molecule is CN(Cc1ccccc1)S(=O)(=O)c1ccc(NC(=O)CSc2nc3ccccc3n2C)cc1. The third kappa shape index (κ3) is 5.27. The van der Waals surface area contributed by atoms with Gasteiger partial charge in [0.2, 0.25) is 15.9 Å². The summed E-state index contributed by atoms with van der Waals surface area (Å²) >= 11 is 1.35. The van der Waals surface area contributed by atoms with Crippen LogP contribution in [-0.2, 0) is 28.4 Å². The van der Waals surface area contributed by atoms with E-state index in [1.165, 1.54) is 28.2 Å². The number of fused-ring (bicyclic) bond motifs is 1. The first-order valence-corrected chi connectivity index (χ1v) is 12.7. The van der Waals surface area contributed by atoms with Crippen molar-refractivity contribution in [3.8, 4) is 0 Å². The van der Waals surface area contributed by atoms with Crippen LogP contribution in [0.1, 0.15) is 5.56 Å². The number of imidazole rings is 1. The highest BCUT2D eigenvalue weighted by atomic mass is 32.2. The van der Waals surface area contributed by atoms with Gasteiger partial charge >= 0.3 is 0 Å². The highest BCUT2D eigenvalue weighted by Crippen LogP contribution is 2.23. The summed E-state index contributed by atoms with van der Waals surface area (Å²) < 4.78 is 29.0. The molecule has 0 saturated heterocycles. The minimum absolute atomic E-state index is 0.174. The summed E-state index contributed by atoms with van der Waals surface area (Å²) in [5.74, 6) is 0.000622. The van der Waals surface area contributed by atoms with Crippen molar-refractivity contribution in [2.75, 3.05) is 18.1 Å². The van der Waals surface area contributed by atoms with Gasteiger partial charge < -0.3 is 9.88 Å². The van der Waals surface area contributed by atoms with E-state index in [2.05, 4.69) is 10.3 Å². The van der Waals surface area contributed by atoms with Gasteiger partial charge in [0.15, 0.2) is 5.16 Å². The molecule has 0 unspecified atom stereocenters. The number of hydrogen-bond donors (Lipinski definition) is 1. The van der Waals surface area contributed by atoms with Crippen LogP contribution in [0.5, 0.6) is 0 Å². The molecule has 33 heavy (non-hydrogen) atoms. The number of nitrogens with zero attached hydrogens (tertiary/aromatic N) is 3. The summed E-state index contributed by atoms with van der Waals surface area (Å²) in [6.07, 6.45) is 0. The van der Waals surface area contributed by atoms with Gasteiger partial charge in [-0.15, -0.1) is 0 Å². The zero-order valence-electron chi connectivity index (χ0n) is 18.3. The maximum atomic E-state index is 12.9. The number of aryl methyl sites for hydroxylation is 1. The van der Waals surface area contributed by atoms with E-state index in [4.69, 9.17) is 0 Å². The first-order valence-electron chi connectivity index (χ1n) is 10.3. The maximum Gasteiger partial charge on any atom is 0.243 e. The molecule has 1 amide bonds. The number of benzene rings is 3. The number of thioether (sulfide) groups is 1. The van der Waals surface area contributed by atoms with Crippen molar-refractivity contribution in [3.63, 3.8) is 0 Å². The predicted octanol–water partition coefficient (Wildman–Crippen LogP) is 4.12. The number of anilines is 1. The number of amides is 1. The topological polar surface area (TPSA) is 84.3 Å². The fraction of sp³-hybridized carbons (Fsp3) is 0.167. The number of rotatable bonds is 8. The van der Waals surface area contributed by atoms with Gasteiger partial charge in [0.05, 0.1) is 21.7 Å². The van der Waals surface area contributed by atoms with E-state index in [0.29, 0.717) is 5.69 Å². The molecule has 4 aromatic rings. The molecule has 9 heteroatoms. The van der Waals surface area contributed by atoms with E-state index in [1.807, 2.05) is 66.2 Å². The van der Waals surface area contributed by atoms with Crippen molar-refractivity contribution in [3.05, 3.63) is 84.4 Å². The fourth-order valence-corrected chi connectivity index (χ4v) is 5.34. The number of hydrogen-bond acceptors (Lipinski definition) is 5. The first kappa shape index (κ1) is 23.0. The smallest absolute Gasteiger partial charge is 0.243 e.